The zero-order valence-electron chi connectivity index (χ0n) is 12.3. The van der Waals surface area contributed by atoms with Crippen molar-refractivity contribution in [1.82, 2.24) is 9.80 Å². The lowest BCUT2D eigenvalue weighted by Crippen LogP contribution is -2.50. The number of carbonyl (C=O) groups is 1. The number of amides is 1. The average molecular weight is 276 g/mol. The minimum atomic E-state index is 0.0568. The molecule has 1 heterocycles. The van der Waals surface area contributed by atoms with Gasteiger partial charge in [0.05, 0.1) is 0 Å². The van der Waals surface area contributed by atoms with E-state index in [1.165, 1.54) is 0 Å². The number of anilines is 2. The Morgan fingerprint density at radius 2 is 2.05 bits per heavy atom. The number of nitrogens with one attached hydrogen (secondary N) is 1. The highest BCUT2D eigenvalue weighted by Crippen LogP contribution is 2.11. The van der Waals surface area contributed by atoms with Gasteiger partial charge in [-0.3, -0.25) is 4.79 Å². The predicted molar refractivity (Wildman–Crippen MR) is 82.6 cm³/mol. The van der Waals surface area contributed by atoms with Gasteiger partial charge in [0.15, 0.2) is 0 Å². The molecule has 3 N–H and O–H groups in total. The number of hydrogen-bond acceptors (Lipinski definition) is 4. The maximum absolute atomic E-state index is 11.9. The van der Waals surface area contributed by atoms with Gasteiger partial charge in [-0.25, -0.2) is 0 Å². The first-order chi connectivity index (χ1) is 9.54. The molecule has 1 aromatic carbocycles. The monoisotopic (exact) mass is 276 g/mol. The van der Waals surface area contributed by atoms with Gasteiger partial charge in [-0.2, -0.15) is 0 Å². The first-order valence-electron chi connectivity index (χ1n) is 7.12. The molecule has 1 atom stereocenters. The number of hydrogen-bond donors (Lipinski definition) is 2. The van der Waals surface area contributed by atoms with Crippen molar-refractivity contribution in [2.24, 2.45) is 0 Å². The third-order valence-corrected chi connectivity index (χ3v) is 3.89. The number of carbonyl (C=O) groups excluding carboxylic acids is 1. The number of benzene rings is 1. The summed E-state index contributed by atoms with van der Waals surface area (Å²) in [5.74, 6) is 0.0568. The fraction of sp³-hybridized carbons (Fsp3) is 0.533. The van der Waals surface area contributed by atoms with Crippen molar-refractivity contribution >= 4 is 17.3 Å². The van der Waals surface area contributed by atoms with Gasteiger partial charge in [0.2, 0.25) is 5.91 Å². The van der Waals surface area contributed by atoms with E-state index in [0.717, 1.165) is 31.9 Å². The van der Waals surface area contributed by atoms with Crippen molar-refractivity contribution in [3.05, 3.63) is 24.3 Å². The van der Waals surface area contributed by atoms with Crippen LogP contribution in [0, 0.1) is 0 Å². The Morgan fingerprint density at radius 3 is 2.70 bits per heavy atom. The molecule has 1 saturated heterocycles. The van der Waals surface area contributed by atoms with Crippen LogP contribution < -0.4 is 11.1 Å². The van der Waals surface area contributed by atoms with Crippen LogP contribution in [0.2, 0.25) is 0 Å². The summed E-state index contributed by atoms with van der Waals surface area (Å²) >= 11 is 0. The molecule has 1 amide bonds. The molecule has 1 unspecified atom stereocenters. The quantitative estimate of drug-likeness (QED) is 0.812. The minimum Gasteiger partial charge on any atom is -0.399 e. The lowest BCUT2D eigenvalue weighted by molar-refractivity contribution is -0.116. The van der Waals surface area contributed by atoms with Crippen LogP contribution in [0.15, 0.2) is 24.3 Å². The summed E-state index contributed by atoms with van der Waals surface area (Å²) in [6, 6.07) is 7.79. The zero-order chi connectivity index (χ0) is 14.5. The van der Waals surface area contributed by atoms with Crippen LogP contribution in [0.25, 0.3) is 0 Å². The number of nitrogens with zero attached hydrogens (tertiary/aromatic N) is 2. The maximum atomic E-state index is 11.9. The van der Waals surface area contributed by atoms with Crippen molar-refractivity contribution in [3.8, 4) is 0 Å². The van der Waals surface area contributed by atoms with Gasteiger partial charge < -0.3 is 20.9 Å². The fourth-order valence-electron chi connectivity index (χ4n) is 2.38. The van der Waals surface area contributed by atoms with Gasteiger partial charge >= 0.3 is 0 Å². The molecule has 5 nitrogen and oxygen atoms in total. The van der Waals surface area contributed by atoms with Crippen LogP contribution in [0.4, 0.5) is 11.4 Å². The number of nitrogens with two attached hydrogens (primary N) is 1. The number of likely N-dealkylation sites (N-methyl/N-ethyl adjacent to an activating group) is 1. The molecule has 1 aliphatic rings. The molecule has 1 aliphatic heterocycles. The van der Waals surface area contributed by atoms with Crippen molar-refractivity contribution in [2.75, 3.05) is 44.3 Å². The first-order valence-corrected chi connectivity index (χ1v) is 7.12. The van der Waals surface area contributed by atoms with Crippen LogP contribution in [0.1, 0.15) is 13.3 Å². The number of rotatable bonds is 4. The molecule has 2 rings (SSSR count). The summed E-state index contributed by atoms with van der Waals surface area (Å²) in [5.41, 5.74) is 7.12. The van der Waals surface area contributed by atoms with E-state index in [1.54, 1.807) is 12.1 Å². The Morgan fingerprint density at radius 1 is 1.35 bits per heavy atom. The van der Waals surface area contributed by atoms with Gasteiger partial charge in [-0.05, 0) is 38.2 Å². The second-order valence-electron chi connectivity index (χ2n) is 5.55. The molecule has 1 aromatic rings. The van der Waals surface area contributed by atoms with Crippen molar-refractivity contribution in [1.29, 1.82) is 0 Å². The normalized spacial score (nSPS) is 20.8. The van der Waals surface area contributed by atoms with E-state index in [4.69, 9.17) is 5.73 Å². The molecule has 110 valence electrons. The van der Waals surface area contributed by atoms with E-state index >= 15 is 0 Å². The summed E-state index contributed by atoms with van der Waals surface area (Å²) < 4.78 is 0. The SMILES string of the molecule is CC1CN(CCC(=O)Nc2ccc(N)cc2)CCN1C. The highest BCUT2D eigenvalue weighted by molar-refractivity contribution is 5.90. The molecule has 0 spiro atoms. The third-order valence-electron chi connectivity index (χ3n) is 3.89. The van der Waals surface area contributed by atoms with E-state index in [1.807, 2.05) is 12.1 Å². The Labute approximate surface area is 120 Å². The summed E-state index contributed by atoms with van der Waals surface area (Å²) in [5, 5.41) is 2.90. The summed E-state index contributed by atoms with van der Waals surface area (Å²) in [6.07, 6.45) is 0.529. The van der Waals surface area contributed by atoms with Gasteiger partial charge in [0.25, 0.3) is 0 Å². The maximum Gasteiger partial charge on any atom is 0.225 e. The molecular formula is C15H24N4O. The van der Waals surface area contributed by atoms with Crippen molar-refractivity contribution in [2.45, 2.75) is 19.4 Å². The molecule has 20 heavy (non-hydrogen) atoms. The van der Waals surface area contributed by atoms with Crippen LogP contribution in [0.3, 0.4) is 0 Å². The Hall–Kier alpha value is -1.59. The van der Waals surface area contributed by atoms with Gasteiger partial charge in [-0.15, -0.1) is 0 Å². The van der Waals surface area contributed by atoms with E-state index in [-0.39, 0.29) is 5.91 Å². The molecule has 0 aromatic heterocycles. The largest absolute Gasteiger partial charge is 0.399 e. The lowest BCUT2D eigenvalue weighted by Gasteiger charge is -2.37. The van der Waals surface area contributed by atoms with Crippen LogP contribution in [-0.4, -0.2) is 55.0 Å². The highest BCUT2D eigenvalue weighted by atomic mass is 16.1. The summed E-state index contributed by atoms with van der Waals surface area (Å²) in [7, 11) is 2.15. The lowest BCUT2D eigenvalue weighted by atomic mass is 10.2. The third kappa shape index (κ3) is 4.21. The van der Waals surface area contributed by atoms with E-state index in [2.05, 4.69) is 29.1 Å². The van der Waals surface area contributed by atoms with E-state index in [9.17, 15) is 4.79 Å². The van der Waals surface area contributed by atoms with Gasteiger partial charge in [-0.1, -0.05) is 0 Å². The van der Waals surface area contributed by atoms with Crippen molar-refractivity contribution in [3.63, 3.8) is 0 Å². The van der Waals surface area contributed by atoms with E-state index in [0.29, 0.717) is 18.2 Å². The molecule has 0 aliphatic carbocycles. The first kappa shape index (κ1) is 14.8. The number of piperazine rings is 1. The van der Waals surface area contributed by atoms with Crippen LogP contribution in [0.5, 0.6) is 0 Å². The Kier molecular flexibility index (Phi) is 4.98. The van der Waals surface area contributed by atoms with Crippen LogP contribution in [-0.2, 0) is 4.79 Å². The fourth-order valence-corrected chi connectivity index (χ4v) is 2.38. The second-order valence-corrected chi connectivity index (χ2v) is 5.55. The van der Waals surface area contributed by atoms with Crippen LogP contribution >= 0.6 is 0 Å². The molecule has 0 bridgehead atoms. The molecule has 1 fully saturated rings. The van der Waals surface area contributed by atoms with Gasteiger partial charge in [0, 0.05) is 50.0 Å². The molecule has 0 saturated carbocycles. The topological polar surface area (TPSA) is 61.6 Å². The molecular weight excluding hydrogens is 252 g/mol. The number of nitrogen functional groups attached to an aromatic ring is 1. The smallest absolute Gasteiger partial charge is 0.225 e. The van der Waals surface area contributed by atoms with Gasteiger partial charge in [0.1, 0.15) is 0 Å². The highest BCUT2D eigenvalue weighted by Gasteiger charge is 2.20. The second kappa shape index (κ2) is 6.72. The average Bonchev–Trinajstić information content (AvgIpc) is 2.43. The molecule has 5 heteroatoms. The Bertz CT molecular complexity index is 446. The van der Waals surface area contributed by atoms with E-state index < -0.39 is 0 Å². The standard InChI is InChI=1S/C15H24N4O/c1-12-11-19(10-9-18(12)2)8-7-15(20)17-14-5-3-13(16)4-6-14/h3-6,12H,7-11,16H2,1-2H3,(H,17,20). The summed E-state index contributed by atoms with van der Waals surface area (Å²) in [4.78, 5) is 16.6. The zero-order valence-corrected chi connectivity index (χ0v) is 12.3. The predicted octanol–water partition coefficient (Wildman–Crippen LogP) is 1.23. The Balaban J connectivity index is 1.74. The minimum absolute atomic E-state index is 0.0568. The van der Waals surface area contributed by atoms with Crippen molar-refractivity contribution < 1.29 is 4.79 Å². The summed E-state index contributed by atoms with van der Waals surface area (Å²) in [6.45, 7) is 6.18. The molecule has 0 radical (unpaired) electrons.